The molecule has 3 N–H and O–H groups in total. The summed E-state index contributed by atoms with van der Waals surface area (Å²) in [6, 6.07) is 4.40. The molecule has 7 heteroatoms. The van der Waals surface area contributed by atoms with Crippen LogP contribution in [0, 0.1) is 0 Å². The SMILES string of the molecule is CC(C)S(=O)(=O)CCN(C)c1ccc(C(=O)O)cc1N. The molecule has 1 rings (SSSR count). The van der Waals surface area contributed by atoms with Gasteiger partial charge in [-0.1, -0.05) is 0 Å². The normalized spacial score (nSPS) is 11.6. The molecule has 1 aromatic carbocycles. The van der Waals surface area contributed by atoms with Gasteiger partial charge in [0.2, 0.25) is 0 Å². The van der Waals surface area contributed by atoms with Crippen LogP contribution in [0.3, 0.4) is 0 Å². The molecule has 20 heavy (non-hydrogen) atoms. The first-order valence-corrected chi connectivity index (χ1v) is 7.92. The standard InChI is InChI=1S/C13H20N2O4S/c1-9(2)20(18,19)7-6-15(3)12-5-4-10(13(16)17)8-11(12)14/h4-5,8-9H,6-7,14H2,1-3H3,(H,16,17). The molecule has 0 radical (unpaired) electrons. The molecule has 112 valence electrons. The molecule has 0 aliphatic carbocycles. The fourth-order valence-electron chi connectivity index (χ4n) is 1.66. The molecular weight excluding hydrogens is 280 g/mol. The second kappa shape index (κ2) is 6.13. The van der Waals surface area contributed by atoms with Gasteiger partial charge in [0, 0.05) is 13.6 Å². The molecule has 0 spiro atoms. The number of hydrogen-bond donors (Lipinski definition) is 2. The minimum atomic E-state index is -3.11. The number of hydrogen-bond acceptors (Lipinski definition) is 5. The van der Waals surface area contributed by atoms with E-state index in [1.54, 1.807) is 31.9 Å². The Morgan fingerprint density at radius 2 is 2.00 bits per heavy atom. The minimum absolute atomic E-state index is 0.0291. The quantitative estimate of drug-likeness (QED) is 0.766. The number of benzene rings is 1. The van der Waals surface area contributed by atoms with Gasteiger partial charge in [-0.2, -0.15) is 0 Å². The molecule has 0 unspecified atom stereocenters. The molecule has 0 amide bonds. The van der Waals surface area contributed by atoms with E-state index in [1.165, 1.54) is 12.1 Å². The van der Waals surface area contributed by atoms with Crippen LogP contribution >= 0.6 is 0 Å². The average Bonchev–Trinajstić information content (AvgIpc) is 2.35. The lowest BCUT2D eigenvalue weighted by molar-refractivity contribution is 0.0697. The van der Waals surface area contributed by atoms with E-state index < -0.39 is 21.1 Å². The molecular formula is C13H20N2O4S. The van der Waals surface area contributed by atoms with Crippen LogP contribution in [0.25, 0.3) is 0 Å². The minimum Gasteiger partial charge on any atom is -0.478 e. The summed E-state index contributed by atoms with van der Waals surface area (Å²) in [5.41, 5.74) is 6.84. The Bertz CT molecular complexity index is 596. The number of carbonyl (C=O) groups is 1. The number of carboxylic acids is 1. The number of rotatable bonds is 6. The van der Waals surface area contributed by atoms with E-state index in [9.17, 15) is 13.2 Å². The van der Waals surface area contributed by atoms with Crippen molar-refractivity contribution in [2.75, 3.05) is 30.0 Å². The Morgan fingerprint density at radius 3 is 2.45 bits per heavy atom. The van der Waals surface area contributed by atoms with Crippen LogP contribution in [-0.2, 0) is 9.84 Å². The third-order valence-corrected chi connectivity index (χ3v) is 5.30. The average molecular weight is 300 g/mol. The summed E-state index contributed by atoms with van der Waals surface area (Å²) in [4.78, 5) is 12.5. The van der Waals surface area contributed by atoms with E-state index in [0.717, 1.165) is 0 Å². The van der Waals surface area contributed by atoms with E-state index in [1.807, 2.05) is 0 Å². The summed E-state index contributed by atoms with van der Waals surface area (Å²) in [5, 5.41) is 8.45. The first kappa shape index (κ1) is 16.3. The van der Waals surface area contributed by atoms with Crippen molar-refractivity contribution in [2.45, 2.75) is 19.1 Å². The Morgan fingerprint density at radius 1 is 1.40 bits per heavy atom. The zero-order chi connectivity index (χ0) is 15.5. The monoisotopic (exact) mass is 300 g/mol. The van der Waals surface area contributed by atoms with Crippen LogP contribution in [0.2, 0.25) is 0 Å². The van der Waals surface area contributed by atoms with E-state index >= 15 is 0 Å². The lowest BCUT2D eigenvalue weighted by atomic mass is 10.1. The topological polar surface area (TPSA) is 101 Å². The van der Waals surface area contributed by atoms with E-state index in [0.29, 0.717) is 17.9 Å². The highest BCUT2D eigenvalue weighted by Crippen LogP contribution is 2.23. The summed E-state index contributed by atoms with van der Waals surface area (Å²) < 4.78 is 23.5. The van der Waals surface area contributed by atoms with Gasteiger partial charge >= 0.3 is 5.97 Å². The zero-order valence-electron chi connectivity index (χ0n) is 11.8. The number of nitrogen functional groups attached to an aromatic ring is 1. The number of aromatic carboxylic acids is 1. The summed E-state index contributed by atoms with van der Waals surface area (Å²) in [6.07, 6.45) is 0. The summed E-state index contributed by atoms with van der Waals surface area (Å²) in [5.74, 6) is -1.02. The van der Waals surface area contributed by atoms with Gasteiger partial charge in [-0.25, -0.2) is 13.2 Å². The number of carboxylic acid groups (broad SMARTS) is 1. The Kier molecular flexibility index (Phi) is 4.99. The summed E-state index contributed by atoms with van der Waals surface area (Å²) in [6.45, 7) is 3.59. The molecule has 0 atom stereocenters. The maximum absolute atomic E-state index is 11.8. The highest BCUT2D eigenvalue weighted by atomic mass is 32.2. The van der Waals surface area contributed by atoms with Gasteiger partial charge in [0.05, 0.1) is 27.9 Å². The maximum Gasteiger partial charge on any atom is 0.335 e. The molecule has 0 fully saturated rings. The van der Waals surface area contributed by atoms with Crippen LogP contribution < -0.4 is 10.6 Å². The summed E-state index contributed by atoms with van der Waals surface area (Å²) in [7, 11) is -1.39. The van der Waals surface area contributed by atoms with Crippen molar-refractivity contribution in [2.24, 2.45) is 0 Å². The van der Waals surface area contributed by atoms with Crippen molar-refractivity contribution < 1.29 is 18.3 Å². The van der Waals surface area contributed by atoms with Crippen molar-refractivity contribution in [3.8, 4) is 0 Å². The molecule has 0 bridgehead atoms. The molecule has 0 aliphatic heterocycles. The molecule has 1 aromatic rings. The van der Waals surface area contributed by atoms with Crippen molar-refractivity contribution in [3.05, 3.63) is 23.8 Å². The van der Waals surface area contributed by atoms with Crippen LogP contribution in [0.15, 0.2) is 18.2 Å². The van der Waals surface area contributed by atoms with Gasteiger partial charge in [-0.05, 0) is 32.0 Å². The van der Waals surface area contributed by atoms with Gasteiger partial charge in [0.15, 0.2) is 9.84 Å². The van der Waals surface area contributed by atoms with Crippen LogP contribution in [0.5, 0.6) is 0 Å². The largest absolute Gasteiger partial charge is 0.478 e. The van der Waals surface area contributed by atoms with Crippen LogP contribution in [0.4, 0.5) is 11.4 Å². The molecule has 0 aliphatic rings. The molecule has 6 nitrogen and oxygen atoms in total. The van der Waals surface area contributed by atoms with Gasteiger partial charge in [-0.15, -0.1) is 0 Å². The Hall–Kier alpha value is -1.76. The van der Waals surface area contributed by atoms with Gasteiger partial charge < -0.3 is 15.7 Å². The lowest BCUT2D eigenvalue weighted by Gasteiger charge is -2.21. The number of nitrogens with two attached hydrogens (primary N) is 1. The summed E-state index contributed by atoms with van der Waals surface area (Å²) >= 11 is 0. The van der Waals surface area contributed by atoms with Gasteiger partial charge in [0.1, 0.15) is 0 Å². The van der Waals surface area contributed by atoms with Crippen molar-refractivity contribution >= 4 is 27.2 Å². The smallest absolute Gasteiger partial charge is 0.335 e. The Labute approximate surface area is 119 Å². The third-order valence-electron chi connectivity index (χ3n) is 3.12. The van der Waals surface area contributed by atoms with Crippen molar-refractivity contribution in [3.63, 3.8) is 0 Å². The number of nitrogens with zero attached hydrogens (tertiary/aromatic N) is 1. The highest BCUT2D eigenvalue weighted by molar-refractivity contribution is 7.92. The first-order valence-electron chi connectivity index (χ1n) is 6.20. The van der Waals surface area contributed by atoms with Crippen molar-refractivity contribution in [1.82, 2.24) is 0 Å². The number of anilines is 2. The first-order chi connectivity index (χ1) is 9.15. The Balaban J connectivity index is 2.83. The van der Waals surface area contributed by atoms with Gasteiger partial charge in [0.25, 0.3) is 0 Å². The van der Waals surface area contributed by atoms with Crippen molar-refractivity contribution in [1.29, 1.82) is 0 Å². The zero-order valence-corrected chi connectivity index (χ0v) is 12.6. The van der Waals surface area contributed by atoms with Crippen LogP contribution in [0.1, 0.15) is 24.2 Å². The molecule has 0 heterocycles. The molecule has 0 saturated carbocycles. The third kappa shape index (κ3) is 3.86. The molecule has 0 saturated heterocycles. The maximum atomic E-state index is 11.8. The van der Waals surface area contributed by atoms with E-state index in [-0.39, 0.29) is 11.3 Å². The second-order valence-corrected chi connectivity index (χ2v) is 7.59. The predicted molar refractivity (Wildman–Crippen MR) is 80.0 cm³/mol. The van der Waals surface area contributed by atoms with Gasteiger partial charge in [-0.3, -0.25) is 0 Å². The van der Waals surface area contributed by atoms with E-state index in [2.05, 4.69) is 0 Å². The number of sulfone groups is 1. The fourth-order valence-corrected chi connectivity index (χ4v) is 2.66. The highest BCUT2D eigenvalue weighted by Gasteiger charge is 2.17. The van der Waals surface area contributed by atoms with E-state index in [4.69, 9.17) is 10.8 Å². The predicted octanol–water partition coefficient (Wildman–Crippen LogP) is 1.23. The lowest BCUT2D eigenvalue weighted by Crippen LogP contribution is -2.29. The van der Waals surface area contributed by atoms with Crippen LogP contribution in [-0.4, -0.2) is 44.1 Å². The fraction of sp³-hybridized carbons (Fsp3) is 0.462. The molecule has 0 aromatic heterocycles. The second-order valence-electron chi connectivity index (χ2n) is 4.92.